The molecule has 0 aliphatic carbocycles. The Bertz CT molecular complexity index is 1160. The molecule has 0 atom stereocenters. The molecule has 4 rings (SSSR count). The molecule has 4 aromatic rings. The van der Waals surface area contributed by atoms with E-state index in [1.165, 1.54) is 17.8 Å². The summed E-state index contributed by atoms with van der Waals surface area (Å²) in [5, 5.41) is 10.4. The molecule has 0 N–H and O–H groups in total. The van der Waals surface area contributed by atoms with Crippen molar-refractivity contribution in [3.63, 3.8) is 0 Å². The van der Waals surface area contributed by atoms with Gasteiger partial charge in [-0.2, -0.15) is 0 Å². The zero-order valence-electron chi connectivity index (χ0n) is 15.8. The largest absolute Gasteiger partial charge is 0.496 e. The van der Waals surface area contributed by atoms with E-state index in [9.17, 15) is 4.39 Å². The second kappa shape index (κ2) is 9.08. The molecule has 0 aliphatic rings. The molecule has 0 aliphatic heterocycles. The average molecular weight is 460 g/mol. The van der Waals surface area contributed by atoms with Crippen molar-refractivity contribution in [2.45, 2.75) is 10.9 Å². The third-order valence-corrected chi connectivity index (χ3v) is 6.03. The van der Waals surface area contributed by atoms with Crippen molar-refractivity contribution in [3.05, 3.63) is 88.2 Å². The van der Waals surface area contributed by atoms with Crippen LogP contribution >= 0.6 is 35.0 Å². The van der Waals surface area contributed by atoms with Gasteiger partial charge in [0.1, 0.15) is 11.6 Å². The summed E-state index contributed by atoms with van der Waals surface area (Å²) in [6.45, 7) is 0. The van der Waals surface area contributed by atoms with Gasteiger partial charge in [0, 0.05) is 27.0 Å². The van der Waals surface area contributed by atoms with E-state index in [1.54, 1.807) is 31.4 Å². The Hall–Kier alpha value is -2.54. The van der Waals surface area contributed by atoms with Crippen molar-refractivity contribution in [3.8, 4) is 22.8 Å². The van der Waals surface area contributed by atoms with E-state index in [4.69, 9.17) is 27.9 Å². The molecule has 3 aromatic carbocycles. The first-order valence-electron chi connectivity index (χ1n) is 8.99. The minimum absolute atomic E-state index is 0.309. The molecule has 0 spiro atoms. The fourth-order valence-corrected chi connectivity index (χ4v) is 4.42. The lowest BCUT2D eigenvalue weighted by molar-refractivity contribution is 0.416. The van der Waals surface area contributed by atoms with Gasteiger partial charge in [-0.25, -0.2) is 4.39 Å². The van der Waals surface area contributed by atoms with Crippen LogP contribution in [0.25, 0.3) is 17.1 Å². The Morgan fingerprint density at radius 3 is 2.47 bits per heavy atom. The van der Waals surface area contributed by atoms with Crippen LogP contribution < -0.4 is 4.74 Å². The monoisotopic (exact) mass is 459 g/mol. The topological polar surface area (TPSA) is 39.9 Å². The summed E-state index contributed by atoms with van der Waals surface area (Å²) in [6.07, 6.45) is 0. The number of thioether (sulfide) groups is 1. The van der Waals surface area contributed by atoms with Gasteiger partial charge in [-0.3, -0.25) is 4.57 Å². The predicted octanol–water partition coefficient (Wildman–Crippen LogP) is 6.68. The molecule has 152 valence electrons. The number of hydrogen-bond donors (Lipinski definition) is 0. The van der Waals surface area contributed by atoms with Gasteiger partial charge in [-0.15, -0.1) is 10.2 Å². The summed E-state index contributed by atoms with van der Waals surface area (Å²) in [6, 6.07) is 19.6. The van der Waals surface area contributed by atoms with Gasteiger partial charge in [0.2, 0.25) is 0 Å². The molecule has 8 heteroatoms. The Balaban J connectivity index is 1.79. The van der Waals surface area contributed by atoms with Crippen molar-refractivity contribution in [1.82, 2.24) is 14.8 Å². The zero-order chi connectivity index (χ0) is 21.1. The highest BCUT2D eigenvalue weighted by molar-refractivity contribution is 7.98. The molecular weight excluding hydrogens is 444 g/mol. The van der Waals surface area contributed by atoms with Crippen molar-refractivity contribution in [1.29, 1.82) is 0 Å². The molecule has 0 bridgehead atoms. The maximum Gasteiger partial charge on any atom is 0.196 e. The Labute approximate surface area is 187 Å². The molecule has 0 fully saturated rings. The van der Waals surface area contributed by atoms with Crippen LogP contribution in [-0.4, -0.2) is 21.9 Å². The Kier molecular flexibility index (Phi) is 6.27. The van der Waals surface area contributed by atoms with Crippen LogP contribution in [-0.2, 0) is 5.75 Å². The minimum Gasteiger partial charge on any atom is -0.496 e. The van der Waals surface area contributed by atoms with Crippen LogP contribution in [0.5, 0.6) is 5.75 Å². The molecule has 0 saturated heterocycles. The summed E-state index contributed by atoms with van der Waals surface area (Å²) >= 11 is 13.6. The lowest BCUT2D eigenvalue weighted by Crippen LogP contribution is -2.01. The van der Waals surface area contributed by atoms with Crippen molar-refractivity contribution >= 4 is 35.0 Å². The smallest absolute Gasteiger partial charge is 0.196 e. The molecular formula is C22H16Cl2FN3OS. The van der Waals surface area contributed by atoms with Crippen molar-refractivity contribution in [2.75, 3.05) is 7.11 Å². The van der Waals surface area contributed by atoms with E-state index in [0.717, 1.165) is 11.3 Å². The normalized spacial score (nSPS) is 10.9. The van der Waals surface area contributed by atoms with Gasteiger partial charge in [-0.05, 0) is 48.5 Å². The van der Waals surface area contributed by atoms with Gasteiger partial charge in [-0.1, -0.05) is 53.2 Å². The Morgan fingerprint density at radius 2 is 1.73 bits per heavy atom. The number of nitrogens with zero attached hydrogens (tertiary/aromatic N) is 3. The highest BCUT2D eigenvalue weighted by Gasteiger charge is 2.20. The molecule has 0 amide bonds. The third-order valence-electron chi connectivity index (χ3n) is 4.47. The van der Waals surface area contributed by atoms with Gasteiger partial charge < -0.3 is 4.74 Å². The van der Waals surface area contributed by atoms with Crippen LogP contribution in [0.2, 0.25) is 10.0 Å². The van der Waals surface area contributed by atoms with Crippen LogP contribution in [0.15, 0.2) is 71.9 Å². The molecule has 1 heterocycles. The maximum absolute atomic E-state index is 14.2. The first kappa shape index (κ1) is 20.7. The van der Waals surface area contributed by atoms with Crippen LogP contribution in [0.1, 0.15) is 5.56 Å². The van der Waals surface area contributed by atoms with Gasteiger partial charge in [0.15, 0.2) is 11.0 Å². The molecule has 4 nitrogen and oxygen atoms in total. The van der Waals surface area contributed by atoms with E-state index in [0.29, 0.717) is 38.1 Å². The molecule has 0 radical (unpaired) electrons. The van der Waals surface area contributed by atoms with Crippen molar-refractivity contribution in [2.24, 2.45) is 0 Å². The molecule has 0 saturated carbocycles. The van der Waals surface area contributed by atoms with E-state index >= 15 is 0 Å². The number of hydrogen-bond acceptors (Lipinski definition) is 4. The van der Waals surface area contributed by atoms with Crippen molar-refractivity contribution < 1.29 is 9.13 Å². The number of ether oxygens (including phenoxy) is 1. The van der Waals surface area contributed by atoms with E-state index in [2.05, 4.69) is 10.2 Å². The first-order valence-corrected chi connectivity index (χ1v) is 10.7. The lowest BCUT2D eigenvalue weighted by atomic mass is 10.2. The number of aromatic nitrogens is 3. The van der Waals surface area contributed by atoms with Gasteiger partial charge >= 0.3 is 0 Å². The summed E-state index contributed by atoms with van der Waals surface area (Å²) in [5.74, 6) is 1.24. The second-order valence-corrected chi connectivity index (χ2v) is 8.09. The van der Waals surface area contributed by atoms with Gasteiger partial charge in [0.25, 0.3) is 0 Å². The first-order chi connectivity index (χ1) is 14.6. The summed E-state index contributed by atoms with van der Waals surface area (Å²) < 4.78 is 21.6. The second-order valence-electron chi connectivity index (χ2n) is 6.31. The predicted molar refractivity (Wildman–Crippen MR) is 119 cm³/mol. The number of para-hydroxylation sites is 1. The molecule has 1 aromatic heterocycles. The lowest BCUT2D eigenvalue weighted by Gasteiger charge is -2.13. The standard InChI is InChI=1S/C22H16Cl2FN3OS/c1-29-20-8-3-2-5-16(20)21-26-27-22(28(21)15-11-9-14(23)10-12-15)30-13-17-18(24)6-4-7-19(17)25/h2-12H,13H2,1H3. The third kappa shape index (κ3) is 4.17. The average Bonchev–Trinajstić information content (AvgIpc) is 3.17. The van der Waals surface area contributed by atoms with E-state index in [1.807, 2.05) is 41.0 Å². The number of methoxy groups -OCH3 is 1. The van der Waals surface area contributed by atoms with Crippen LogP contribution in [0, 0.1) is 5.82 Å². The van der Waals surface area contributed by atoms with Crippen LogP contribution in [0.3, 0.4) is 0 Å². The summed E-state index contributed by atoms with van der Waals surface area (Å²) in [5.41, 5.74) is 2.04. The van der Waals surface area contributed by atoms with Gasteiger partial charge in [0.05, 0.1) is 12.7 Å². The summed E-state index contributed by atoms with van der Waals surface area (Å²) in [7, 11) is 1.61. The maximum atomic E-state index is 14.2. The van der Waals surface area contributed by atoms with E-state index in [-0.39, 0.29) is 5.82 Å². The van der Waals surface area contributed by atoms with E-state index < -0.39 is 0 Å². The Morgan fingerprint density at radius 1 is 0.967 bits per heavy atom. The summed E-state index contributed by atoms with van der Waals surface area (Å²) in [4.78, 5) is 0. The molecule has 30 heavy (non-hydrogen) atoms. The molecule has 0 unspecified atom stereocenters. The fourth-order valence-electron chi connectivity index (χ4n) is 3.00. The minimum atomic E-state index is -0.350. The highest BCUT2D eigenvalue weighted by Crippen LogP contribution is 2.35. The quantitative estimate of drug-likeness (QED) is 0.301. The van der Waals surface area contributed by atoms with Crippen LogP contribution in [0.4, 0.5) is 4.39 Å². The number of halogens is 3. The number of benzene rings is 3. The SMILES string of the molecule is COc1ccccc1-c1nnc(SCc2c(F)cccc2Cl)n1-c1ccc(Cl)cc1. The highest BCUT2D eigenvalue weighted by atomic mass is 35.5. The zero-order valence-corrected chi connectivity index (χ0v) is 18.2. The number of rotatable bonds is 6. The fraction of sp³-hybridized carbons (Fsp3) is 0.0909.